The van der Waals surface area contributed by atoms with Crippen LogP contribution in [-0.2, 0) is 4.79 Å². The van der Waals surface area contributed by atoms with E-state index in [9.17, 15) is 9.59 Å². The number of nitrogens with zero attached hydrogens (tertiary/aromatic N) is 2. The second kappa shape index (κ2) is 9.49. The molecular weight excluding hydrogens is 434 g/mol. The Morgan fingerprint density at radius 2 is 1.77 bits per heavy atom. The smallest absolute Gasteiger partial charge is 0.253 e. The summed E-state index contributed by atoms with van der Waals surface area (Å²) in [7, 11) is 1.63. The third-order valence-corrected chi connectivity index (χ3v) is 6.37. The van der Waals surface area contributed by atoms with Crippen LogP contribution in [0, 0.1) is 5.92 Å². The maximum absolute atomic E-state index is 12.7. The Kier molecular flexibility index (Phi) is 6.53. The van der Waals surface area contributed by atoms with Gasteiger partial charge >= 0.3 is 0 Å². The molecule has 1 aliphatic rings. The number of rotatable bonds is 5. The molecule has 1 aliphatic heterocycles. The number of thiazole rings is 1. The Bertz CT molecular complexity index is 1060. The first-order chi connectivity index (χ1) is 15.0. The van der Waals surface area contributed by atoms with Gasteiger partial charge in [0, 0.05) is 40.5 Å². The van der Waals surface area contributed by atoms with Crippen LogP contribution in [0.2, 0.25) is 5.02 Å². The molecular formula is C23H22ClN3O3S. The van der Waals surface area contributed by atoms with Gasteiger partial charge in [-0.1, -0.05) is 11.6 Å². The number of methoxy groups -OCH3 is 1. The van der Waals surface area contributed by atoms with Crippen molar-refractivity contribution in [3.8, 4) is 17.0 Å². The maximum Gasteiger partial charge on any atom is 0.253 e. The van der Waals surface area contributed by atoms with E-state index in [0.29, 0.717) is 41.6 Å². The Balaban J connectivity index is 1.31. The van der Waals surface area contributed by atoms with E-state index >= 15 is 0 Å². The molecule has 2 heterocycles. The van der Waals surface area contributed by atoms with Gasteiger partial charge in [-0.25, -0.2) is 4.98 Å². The number of halogens is 1. The maximum atomic E-state index is 12.7. The predicted molar refractivity (Wildman–Crippen MR) is 123 cm³/mol. The van der Waals surface area contributed by atoms with Crippen molar-refractivity contribution in [2.45, 2.75) is 12.8 Å². The number of nitrogens with one attached hydrogen (secondary N) is 1. The van der Waals surface area contributed by atoms with Crippen molar-refractivity contribution in [1.29, 1.82) is 0 Å². The SMILES string of the molecule is COc1ccc(-c2csc(NC(=O)C3CCN(C(=O)c4ccc(Cl)cc4)CC3)n2)cc1. The highest BCUT2D eigenvalue weighted by Gasteiger charge is 2.28. The molecule has 0 saturated carbocycles. The molecule has 8 heteroatoms. The lowest BCUT2D eigenvalue weighted by Crippen LogP contribution is -2.41. The van der Waals surface area contributed by atoms with Gasteiger partial charge in [-0.05, 0) is 61.4 Å². The second-order valence-corrected chi connectivity index (χ2v) is 8.62. The summed E-state index contributed by atoms with van der Waals surface area (Å²) in [5.41, 5.74) is 2.39. The molecule has 3 aromatic rings. The number of hydrogen-bond acceptors (Lipinski definition) is 5. The van der Waals surface area contributed by atoms with Crippen molar-refractivity contribution < 1.29 is 14.3 Å². The molecule has 160 valence electrons. The largest absolute Gasteiger partial charge is 0.497 e. The molecule has 0 bridgehead atoms. The minimum atomic E-state index is -0.136. The molecule has 2 amide bonds. The molecule has 0 unspecified atom stereocenters. The van der Waals surface area contributed by atoms with Crippen molar-refractivity contribution in [2.24, 2.45) is 5.92 Å². The molecule has 1 N–H and O–H groups in total. The molecule has 1 fully saturated rings. The van der Waals surface area contributed by atoms with Crippen molar-refractivity contribution in [1.82, 2.24) is 9.88 Å². The first kappa shape index (κ1) is 21.3. The molecule has 0 radical (unpaired) electrons. The van der Waals surface area contributed by atoms with Gasteiger partial charge < -0.3 is 15.0 Å². The van der Waals surface area contributed by atoms with Gasteiger partial charge in [0.25, 0.3) is 5.91 Å². The number of amides is 2. The molecule has 6 nitrogen and oxygen atoms in total. The van der Waals surface area contributed by atoms with E-state index in [-0.39, 0.29) is 17.7 Å². The zero-order chi connectivity index (χ0) is 21.8. The molecule has 2 aromatic carbocycles. The molecule has 1 saturated heterocycles. The average molecular weight is 456 g/mol. The van der Waals surface area contributed by atoms with Crippen LogP contribution in [0.5, 0.6) is 5.75 Å². The Morgan fingerprint density at radius 3 is 2.42 bits per heavy atom. The van der Waals surface area contributed by atoms with E-state index in [0.717, 1.165) is 17.0 Å². The minimum Gasteiger partial charge on any atom is -0.497 e. The van der Waals surface area contributed by atoms with Gasteiger partial charge in [-0.3, -0.25) is 9.59 Å². The zero-order valence-electron chi connectivity index (χ0n) is 17.0. The Labute approximate surface area is 189 Å². The van der Waals surface area contributed by atoms with E-state index in [2.05, 4.69) is 10.3 Å². The van der Waals surface area contributed by atoms with E-state index in [1.165, 1.54) is 11.3 Å². The van der Waals surface area contributed by atoms with Gasteiger partial charge in [-0.2, -0.15) is 0 Å². The van der Waals surface area contributed by atoms with Crippen LogP contribution in [0.15, 0.2) is 53.9 Å². The first-order valence-electron chi connectivity index (χ1n) is 9.99. The van der Waals surface area contributed by atoms with E-state index in [1.54, 1.807) is 36.3 Å². The normalized spacial score (nSPS) is 14.3. The van der Waals surface area contributed by atoms with Crippen LogP contribution in [0.25, 0.3) is 11.3 Å². The fourth-order valence-corrected chi connectivity index (χ4v) is 4.40. The summed E-state index contributed by atoms with van der Waals surface area (Å²) in [6.07, 6.45) is 1.25. The standard InChI is InChI=1S/C23H22ClN3O3S/c1-30-19-8-4-15(5-9-19)20-14-31-23(25-20)26-21(28)16-10-12-27(13-11-16)22(29)17-2-6-18(24)7-3-17/h2-9,14,16H,10-13H2,1H3,(H,25,26,28). The number of carbonyl (C=O) groups is 2. The number of aromatic nitrogens is 1. The van der Waals surface area contributed by atoms with Crippen LogP contribution in [0.4, 0.5) is 5.13 Å². The van der Waals surface area contributed by atoms with Crippen LogP contribution in [0.1, 0.15) is 23.2 Å². The molecule has 0 atom stereocenters. The molecule has 4 rings (SSSR count). The number of ether oxygens (including phenoxy) is 1. The topological polar surface area (TPSA) is 71.5 Å². The number of likely N-dealkylation sites (tertiary alicyclic amines) is 1. The number of anilines is 1. The Morgan fingerprint density at radius 1 is 1.10 bits per heavy atom. The monoisotopic (exact) mass is 455 g/mol. The highest BCUT2D eigenvalue weighted by atomic mass is 35.5. The van der Waals surface area contributed by atoms with Crippen LogP contribution >= 0.6 is 22.9 Å². The van der Waals surface area contributed by atoms with E-state index < -0.39 is 0 Å². The van der Waals surface area contributed by atoms with Crippen molar-refractivity contribution in [2.75, 3.05) is 25.5 Å². The summed E-state index contributed by atoms with van der Waals surface area (Å²) in [6.45, 7) is 1.10. The summed E-state index contributed by atoms with van der Waals surface area (Å²) in [6, 6.07) is 14.5. The molecule has 0 aliphatic carbocycles. The highest BCUT2D eigenvalue weighted by Crippen LogP contribution is 2.28. The number of benzene rings is 2. The molecule has 0 spiro atoms. The third kappa shape index (κ3) is 5.06. The van der Waals surface area contributed by atoms with Gasteiger partial charge in [0.15, 0.2) is 5.13 Å². The fraction of sp³-hybridized carbons (Fsp3) is 0.261. The van der Waals surface area contributed by atoms with Gasteiger partial charge in [0.1, 0.15) is 5.75 Å². The molecule has 1 aromatic heterocycles. The van der Waals surface area contributed by atoms with Crippen molar-refractivity contribution >= 4 is 39.9 Å². The van der Waals surface area contributed by atoms with Gasteiger partial charge in [-0.15, -0.1) is 11.3 Å². The molecule has 31 heavy (non-hydrogen) atoms. The van der Waals surface area contributed by atoms with Crippen LogP contribution in [0.3, 0.4) is 0 Å². The van der Waals surface area contributed by atoms with Crippen molar-refractivity contribution in [3.05, 3.63) is 64.5 Å². The second-order valence-electron chi connectivity index (χ2n) is 7.33. The summed E-state index contributed by atoms with van der Waals surface area (Å²) >= 11 is 7.29. The lowest BCUT2D eigenvalue weighted by atomic mass is 9.95. The summed E-state index contributed by atoms with van der Waals surface area (Å²) < 4.78 is 5.18. The lowest BCUT2D eigenvalue weighted by Gasteiger charge is -2.31. The zero-order valence-corrected chi connectivity index (χ0v) is 18.6. The predicted octanol–water partition coefficient (Wildman–Crippen LogP) is 4.96. The third-order valence-electron chi connectivity index (χ3n) is 5.36. The van der Waals surface area contributed by atoms with E-state index in [1.807, 2.05) is 29.6 Å². The fourth-order valence-electron chi connectivity index (χ4n) is 3.55. The summed E-state index contributed by atoms with van der Waals surface area (Å²) in [5, 5.41) is 6.03. The Hall–Kier alpha value is -2.90. The quantitative estimate of drug-likeness (QED) is 0.590. The van der Waals surface area contributed by atoms with Crippen molar-refractivity contribution in [3.63, 3.8) is 0 Å². The first-order valence-corrected chi connectivity index (χ1v) is 11.2. The number of carbonyl (C=O) groups excluding carboxylic acids is 2. The lowest BCUT2D eigenvalue weighted by molar-refractivity contribution is -0.121. The number of piperidine rings is 1. The highest BCUT2D eigenvalue weighted by molar-refractivity contribution is 7.14. The number of hydrogen-bond donors (Lipinski definition) is 1. The van der Waals surface area contributed by atoms with Crippen LogP contribution in [-0.4, -0.2) is 41.9 Å². The van der Waals surface area contributed by atoms with Gasteiger partial charge in [0.05, 0.1) is 12.8 Å². The van der Waals surface area contributed by atoms with Crippen LogP contribution < -0.4 is 10.1 Å². The summed E-state index contributed by atoms with van der Waals surface area (Å²) in [4.78, 5) is 31.6. The van der Waals surface area contributed by atoms with Gasteiger partial charge in [0.2, 0.25) is 5.91 Å². The van der Waals surface area contributed by atoms with E-state index in [4.69, 9.17) is 16.3 Å². The summed E-state index contributed by atoms with van der Waals surface area (Å²) in [5.74, 6) is 0.574. The minimum absolute atomic E-state index is 0.0282. The average Bonchev–Trinajstić information content (AvgIpc) is 3.27.